The van der Waals surface area contributed by atoms with Gasteiger partial charge in [0, 0.05) is 18.3 Å². The number of hydrogen-bond donors (Lipinski definition) is 0. The molecule has 40 heavy (non-hydrogen) atoms. The van der Waals surface area contributed by atoms with Crippen molar-refractivity contribution in [3.05, 3.63) is 119 Å². The predicted octanol–water partition coefficient (Wildman–Crippen LogP) is 7.43. The molecule has 6 nitrogen and oxygen atoms in total. The molecule has 0 atom stereocenters. The van der Waals surface area contributed by atoms with Gasteiger partial charge in [-0.2, -0.15) is 38.6 Å². The van der Waals surface area contributed by atoms with Crippen molar-refractivity contribution in [2.24, 2.45) is 0 Å². The molecule has 0 fully saturated rings. The minimum absolute atomic E-state index is 0.0995. The fraction of sp³-hybridized carbons (Fsp3) is 0.0769. The second-order valence-corrected chi connectivity index (χ2v) is 15.3. The van der Waals surface area contributed by atoms with Crippen molar-refractivity contribution in [2.75, 3.05) is 0 Å². The van der Waals surface area contributed by atoms with Gasteiger partial charge < -0.3 is 0 Å². The Labute approximate surface area is 243 Å². The molecule has 0 aromatic heterocycles. The SMILES string of the molecule is O=S(=O)(OC(F)(F)C(F)(F)S(=O)(=O)OS(c1ccccc1)(c1ccccc1)c1ccccc1)c1cccc(I)c1. The Hall–Kier alpha value is -2.50. The van der Waals surface area contributed by atoms with E-state index < -0.39 is 46.8 Å². The Morgan fingerprint density at radius 3 is 1.38 bits per heavy atom. The highest BCUT2D eigenvalue weighted by Gasteiger charge is 2.71. The quantitative estimate of drug-likeness (QED) is 0.0961. The van der Waals surface area contributed by atoms with Crippen LogP contribution in [-0.4, -0.2) is 28.2 Å². The molecule has 0 N–H and O–H groups in total. The Morgan fingerprint density at radius 2 is 0.975 bits per heavy atom. The third kappa shape index (κ3) is 5.78. The van der Waals surface area contributed by atoms with Crippen molar-refractivity contribution in [2.45, 2.75) is 30.9 Å². The van der Waals surface area contributed by atoms with Crippen LogP contribution in [-0.2, 0) is 28.0 Å². The van der Waals surface area contributed by atoms with Gasteiger partial charge in [0.15, 0.2) is 0 Å². The second-order valence-electron chi connectivity index (χ2n) is 8.05. The Bertz CT molecular complexity index is 1590. The van der Waals surface area contributed by atoms with Crippen LogP contribution in [0.5, 0.6) is 0 Å². The molecule has 0 saturated heterocycles. The molecule has 4 aromatic carbocycles. The first-order chi connectivity index (χ1) is 18.7. The first-order valence-corrected chi connectivity index (χ1v) is 16.6. The standard InChI is InChI=1S/C26H19F4IO6S3/c27-25(28,36-39(32,33)24-18-10-11-20(31)19-24)26(29,30)40(34,35)37-38(21-12-4-1-5-13-21,22-14-6-2-7-15-22)23-16-8-3-9-17-23/h1-19H. The summed E-state index contributed by atoms with van der Waals surface area (Å²) in [5.74, 6) is 0. The fourth-order valence-corrected chi connectivity index (χ4v) is 10.5. The summed E-state index contributed by atoms with van der Waals surface area (Å²) >= 11 is 1.67. The van der Waals surface area contributed by atoms with Gasteiger partial charge in [0.05, 0.1) is 4.90 Å². The Morgan fingerprint density at radius 1 is 0.575 bits per heavy atom. The van der Waals surface area contributed by atoms with E-state index in [4.69, 9.17) is 3.63 Å². The molecule has 14 heteroatoms. The highest BCUT2D eigenvalue weighted by Crippen LogP contribution is 2.70. The van der Waals surface area contributed by atoms with Gasteiger partial charge in [-0.05, 0) is 87.5 Å². The highest BCUT2D eigenvalue weighted by molar-refractivity contribution is 14.1. The van der Waals surface area contributed by atoms with Gasteiger partial charge in [-0.3, -0.25) is 0 Å². The number of benzene rings is 4. The third-order valence-electron chi connectivity index (χ3n) is 5.37. The summed E-state index contributed by atoms with van der Waals surface area (Å²) < 4.78 is 121. The van der Waals surface area contributed by atoms with E-state index >= 15 is 8.78 Å². The van der Waals surface area contributed by atoms with E-state index in [2.05, 4.69) is 4.18 Å². The largest absolute Gasteiger partial charge is 0.462 e. The number of hydrogen-bond acceptors (Lipinski definition) is 6. The van der Waals surface area contributed by atoms with Crippen LogP contribution in [0.3, 0.4) is 0 Å². The number of halogens is 5. The molecule has 212 valence electrons. The van der Waals surface area contributed by atoms with E-state index in [1.807, 2.05) is 0 Å². The lowest BCUT2D eigenvalue weighted by atomic mass is 10.4. The molecular weight excluding hydrogens is 707 g/mol. The van der Waals surface area contributed by atoms with Crippen molar-refractivity contribution in [3.63, 3.8) is 0 Å². The highest BCUT2D eigenvalue weighted by atomic mass is 127. The molecule has 0 radical (unpaired) electrons. The third-order valence-corrected chi connectivity index (χ3v) is 12.5. The van der Waals surface area contributed by atoms with Gasteiger partial charge in [-0.15, -0.1) is 0 Å². The maximum atomic E-state index is 15.3. The van der Waals surface area contributed by atoms with E-state index in [-0.39, 0.29) is 18.3 Å². The summed E-state index contributed by atoms with van der Waals surface area (Å²) in [4.78, 5) is -0.571. The van der Waals surface area contributed by atoms with Crippen LogP contribution in [0.25, 0.3) is 0 Å². The Balaban J connectivity index is 1.86. The van der Waals surface area contributed by atoms with Crippen LogP contribution >= 0.6 is 32.9 Å². The maximum absolute atomic E-state index is 15.3. The zero-order valence-corrected chi connectivity index (χ0v) is 24.6. The van der Waals surface area contributed by atoms with Crippen LogP contribution in [0.15, 0.2) is 135 Å². The number of alkyl halides is 4. The monoisotopic (exact) mass is 726 g/mol. The second kappa shape index (κ2) is 11.4. The molecule has 4 rings (SSSR count). The average molecular weight is 727 g/mol. The lowest BCUT2D eigenvalue weighted by Crippen LogP contribution is -2.50. The average Bonchev–Trinajstić information content (AvgIpc) is 2.92. The summed E-state index contributed by atoms with van der Waals surface area (Å²) in [6.07, 6.45) is -6.05. The smallest absolute Gasteiger partial charge is 0.202 e. The Kier molecular flexibility index (Phi) is 8.69. The molecule has 0 saturated carbocycles. The molecule has 0 aliphatic heterocycles. The molecule has 0 aliphatic carbocycles. The van der Waals surface area contributed by atoms with E-state index in [1.54, 1.807) is 40.8 Å². The molecule has 0 spiro atoms. The van der Waals surface area contributed by atoms with Crippen LogP contribution in [0, 0.1) is 3.57 Å². The summed E-state index contributed by atoms with van der Waals surface area (Å²) in [6, 6.07) is 26.6. The van der Waals surface area contributed by atoms with Gasteiger partial charge >= 0.3 is 31.6 Å². The van der Waals surface area contributed by atoms with E-state index in [9.17, 15) is 25.6 Å². The summed E-state index contributed by atoms with van der Waals surface area (Å²) in [5, 5.41) is -6.15. The molecule has 0 heterocycles. The summed E-state index contributed by atoms with van der Waals surface area (Å²) in [6.45, 7) is 0. The van der Waals surface area contributed by atoms with E-state index in [1.165, 1.54) is 84.9 Å². The lowest BCUT2D eigenvalue weighted by molar-refractivity contribution is -0.272. The first kappa shape index (κ1) is 30.5. The fourth-order valence-electron chi connectivity index (χ4n) is 3.54. The van der Waals surface area contributed by atoms with Crippen LogP contribution in [0.2, 0.25) is 0 Å². The van der Waals surface area contributed by atoms with Gasteiger partial charge in [-0.25, -0.2) is 3.63 Å². The van der Waals surface area contributed by atoms with Crippen molar-refractivity contribution >= 4 is 53.1 Å². The molecule has 0 aliphatic rings. The molecule has 0 amide bonds. The van der Waals surface area contributed by atoms with Crippen molar-refractivity contribution in [1.29, 1.82) is 0 Å². The topological polar surface area (TPSA) is 86.7 Å². The summed E-state index contributed by atoms with van der Waals surface area (Å²) in [7, 11) is -15.8. The van der Waals surface area contributed by atoms with Crippen molar-refractivity contribution < 1.29 is 42.2 Å². The van der Waals surface area contributed by atoms with E-state index in [0.29, 0.717) is 0 Å². The minimum Gasteiger partial charge on any atom is -0.202 e. The van der Waals surface area contributed by atoms with Crippen molar-refractivity contribution in [1.82, 2.24) is 0 Å². The number of rotatable bonds is 10. The minimum atomic E-state index is -6.62. The van der Waals surface area contributed by atoms with E-state index in [0.717, 1.165) is 12.1 Å². The van der Waals surface area contributed by atoms with Crippen LogP contribution in [0.4, 0.5) is 17.6 Å². The van der Waals surface area contributed by atoms with Crippen molar-refractivity contribution in [3.8, 4) is 0 Å². The van der Waals surface area contributed by atoms with Gasteiger partial charge in [0.25, 0.3) is 0 Å². The molecule has 4 aromatic rings. The van der Waals surface area contributed by atoms with Crippen LogP contribution < -0.4 is 0 Å². The molecule has 0 unspecified atom stereocenters. The first-order valence-electron chi connectivity index (χ1n) is 11.1. The van der Waals surface area contributed by atoms with Gasteiger partial charge in [-0.1, -0.05) is 60.7 Å². The van der Waals surface area contributed by atoms with Crippen LogP contribution in [0.1, 0.15) is 0 Å². The summed E-state index contributed by atoms with van der Waals surface area (Å²) in [5.41, 5.74) is 0. The lowest BCUT2D eigenvalue weighted by Gasteiger charge is -2.40. The van der Waals surface area contributed by atoms with Gasteiger partial charge in [0.2, 0.25) is 0 Å². The molecule has 0 bridgehead atoms. The maximum Gasteiger partial charge on any atom is 0.462 e. The van der Waals surface area contributed by atoms with Gasteiger partial charge in [0.1, 0.15) is 0 Å². The zero-order valence-electron chi connectivity index (χ0n) is 20.0. The molecular formula is C26H19F4IO6S3. The zero-order chi connectivity index (χ0) is 29.2. The predicted molar refractivity (Wildman–Crippen MR) is 149 cm³/mol. The normalized spacial score (nSPS) is 13.6.